The number of halogens is 4. The summed E-state index contributed by atoms with van der Waals surface area (Å²) in [7, 11) is 0. The normalized spacial score (nSPS) is 18.3. The van der Waals surface area contributed by atoms with Gasteiger partial charge in [-0.15, -0.1) is 0 Å². The zero-order valence-corrected chi connectivity index (χ0v) is 18.4. The van der Waals surface area contributed by atoms with Crippen molar-refractivity contribution in [2.45, 2.75) is 38.5 Å². The summed E-state index contributed by atoms with van der Waals surface area (Å²) in [5.41, 5.74) is 3.29. The number of fused-ring (bicyclic) bond motifs is 1. The summed E-state index contributed by atoms with van der Waals surface area (Å²) < 4.78 is 43.2. The highest BCUT2D eigenvalue weighted by Crippen LogP contribution is 2.43. The first-order valence-electron chi connectivity index (χ1n) is 9.68. The summed E-state index contributed by atoms with van der Waals surface area (Å²) in [6.45, 7) is 3.87. The number of amides is 1. The molecule has 1 aromatic heterocycles. The van der Waals surface area contributed by atoms with Crippen molar-refractivity contribution in [3.63, 3.8) is 0 Å². The average molecular weight is 493 g/mol. The second-order valence-electron chi connectivity index (χ2n) is 7.65. The van der Waals surface area contributed by atoms with Crippen LogP contribution in [0.15, 0.2) is 53.0 Å². The molecule has 1 aliphatic heterocycles. The van der Waals surface area contributed by atoms with Gasteiger partial charge in [0, 0.05) is 22.6 Å². The molecule has 1 amide bonds. The Balaban J connectivity index is 1.63. The minimum absolute atomic E-state index is 0.0774. The van der Waals surface area contributed by atoms with Crippen molar-refractivity contribution in [1.29, 1.82) is 0 Å². The van der Waals surface area contributed by atoms with E-state index in [-0.39, 0.29) is 17.9 Å². The van der Waals surface area contributed by atoms with Gasteiger partial charge in [-0.3, -0.25) is 4.79 Å². The second kappa shape index (κ2) is 8.03. The summed E-state index contributed by atoms with van der Waals surface area (Å²) in [6.07, 6.45) is -4.73. The fourth-order valence-corrected chi connectivity index (χ4v) is 3.88. The van der Waals surface area contributed by atoms with Crippen molar-refractivity contribution in [3.8, 4) is 0 Å². The van der Waals surface area contributed by atoms with Crippen LogP contribution in [0.4, 0.5) is 24.7 Å². The van der Waals surface area contributed by atoms with E-state index in [2.05, 4.69) is 31.7 Å². The third-order valence-corrected chi connectivity index (χ3v) is 5.99. The number of aromatic nitrogens is 2. The standard InChI is InChI=1S/C22H20BrF3N4O/c1-12-3-8-16(9-13(12)2)27-21(31)18-11-20-28-17(14-4-6-15(23)7-5-14)10-19(22(24,25)26)30(20)29-18/h3-9,11,17,19,28H,10H2,1-2H3,(H,27,31)/t17-,19+/m0/s1. The fourth-order valence-electron chi connectivity index (χ4n) is 3.61. The van der Waals surface area contributed by atoms with E-state index < -0.39 is 24.2 Å². The topological polar surface area (TPSA) is 59.0 Å². The molecule has 0 unspecified atom stereocenters. The van der Waals surface area contributed by atoms with Gasteiger partial charge in [0.05, 0.1) is 6.04 Å². The molecule has 0 saturated heterocycles. The molecule has 0 spiro atoms. The lowest BCUT2D eigenvalue weighted by atomic mass is 9.97. The van der Waals surface area contributed by atoms with Gasteiger partial charge < -0.3 is 10.6 Å². The number of carbonyl (C=O) groups is 1. The summed E-state index contributed by atoms with van der Waals surface area (Å²) in [6, 6.07) is 11.5. The minimum Gasteiger partial charge on any atom is -0.363 e. The van der Waals surface area contributed by atoms with Crippen LogP contribution < -0.4 is 10.6 Å². The van der Waals surface area contributed by atoms with E-state index in [4.69, 9.17) is 0 Å². The summed E-state index contributed by atoms with van der Waals surface area (Å²) >= 11 is 3.33. The number of hydrogen-bond donors (Lipinski definition) is 2. The highest BCUT2D eigenvalue weighted by atomic mass is 79.9. The molecule has 9 heteroatoms. The molecular formula is C22H20BrF3N4O. The van der Waals surface area contributed by atoms with E-state index in [0.29, 0.717) is 5.69 Å². The van der Waals surface area contributed by atoms with Crippen molar-refractivity contribution < 1.29 is 18.0 Å². The lowest BCUT2D eigenvalue weighted by Crippen LogP contribution is -2.35. The molecule has 4 rings (SSSR count). The summed E-state index contributed by atoms with van der Waals surface area (Å²) in [4.78, 5) is 12.7. The fraction of sp³-hybridized carbons (Fsp3) is 0.273. The monoisotopic (exact) mass is 492 g/mol. The number of nitrogens with one attached hydrogen (secondary N) is 2. The number of alkyl halides is 3. The number of nitrogens with zero attached hydrogens (tertiary/aromatic N) is 2. The SMILES string of the molecule is Cc1ccc(NC(=O)c2cc3n(n2)[C@@H](C(F)(F)F)C[C@@H](c2ccc(Br)cc2)N3)cc1C. The number of benzene rings is 2. The predicted molar refractivity (Wildman–Crippen MR) is 116 cm³/mol. The van der Waals surface area contributed by atoms with Crippen LogP contribution >= 0.6 is 15.9 Å². The number of aryl methyl sites for hydroxylation is 2. The summed E-state index contributed by atoms with van der Waals surface area (Å²) in [5.74, 6) is -0.403. The largest absolute Gasteiger partial charge is 0.410 e. The van der Waals surface area contributed by atoms with Crippen molar-refractivity contribution >= 4 is 33.3 Å². The van der Waals surface area contributed by atoms with Crippen molar-refractivity contribution in [1.82, 2.24) is 9.78 Å². The number of anilines is 2. The maximum absolute atomic E-state index is 13.8. The quantitative estimate of drug-likeness (QED) is 0.459. The van der Waals surface area contributed by atoms with Gasteiger partial charge in [-0.05, 0) is 54.8 Å². The Hall–Kier alpha value is -2.81. The molecular weight excluding hydrogens is 473 g/mol. The van der Waals surface area contributed by atoms with Gasteiger partial charge in [-0.25, -0.2) is 4.68 Å². The lowest BCUT2D eigenvalue weighted by Gasteiger charge is -2.33. The Morgan fingerprint density at radius 3 is 2.48 bits per heavy atom. The van der Waals surface area contributed by atoms with Crippen LogP contribution in [0.3, 0.4) is 0 Å². The average Bonchev–Trinajstić information content (AvgIpc) is 3.14. The highest BCUT2D eigenvalue weighted by molar-refractivity contribution is 9.10. The first-order chi connectivity index (χ1) is 14.6. The van der Waals surface area contributed by atoms with Crippen molar-refractivity contribution in [2.24, 2.45) is 0 Å². The van der Waals surface area contributed by atoms with E-state index in [1.807, 2.05) is 26.0 Å². The lowest BCUT2D eigenvalue weighted by molar-refractivity contribution is -0.173. The van der Waals surface area contributed by atoms with Gasteiger partial charge in [0.25, 0.3) is 5.91 Å². The van der Waals surface area contributed by atoms with Crippen molar-refractivity contribution in [3.05, 3.63) is 75.4 Å². The Labute approximate surface area is 185 Å². The van der Waals surface area contributed by atoms with Crippen LogP contribution in [0.2, 0.25) is 0 Å². The summed E-state index contributed by atoms with van der Waals surface area (Å²) in [5, 5.41) is 9.80. The van der Waals surface area contributed by atoms with Crippen LogP contribution in [0.1, 0.15) is 45.7 Å². The van der Waals surface area contributed by atoms with Gasteiger partial charge in [-0.1, -0.05) is 34.1 Å². The van der Waals surface area contributed by atoms with Gasteiger partial charge in [-0.2, -0.15) is 18.3 Å². The van der Waals surface area contributed by atoms with Gasteiger partial charge in [0.1, 0.15) is 5.82 Å². The molecule has 31 heavy (non-hydrogen) atoms. The Bertz CT molecular complexity index is 1120. The van der Waals surface area contributed by atoms with E-state index in [9.17, 15) is 18.0 Å². The van der Waals surface area contributed by atoms with Crippen LogP contribution in [-0.2, 0) is 0 Å². The van der Waals surface area contributed by atoms with E-state index in [1.165, 1.54) is 6.07 Å². The van der Waals surface area contributed by atoms with Crippen LogP contribution in [0.5, 0.6) is 0 Å². The molecule has 2 heterocycles. The Morgan fingerprint density at radius 2 is 1.84 bits per heavy atom. The minimum atomic E-state index is -4.50. The third-order valence-electron chi connectivity index (χ3n) is 5.46. The van der Waals surface area contributed by atoms with Crippen LogP contribution in [0.25, 0.3) is 0 Å². The molecule has 0 aliphatic carbocycles. The van der Waals surface area contributed by atoms with Crippen molar-refractivity contribution in [2.75, 3.05) is 10.6 Å². The highest BCUT2D eigenvalue weighted by Gasteiger charge is 2.46. The molecule has 0 fully saturated rings. The maximum atomic E-state index is 13.8. The Morgan fingerprint density at radius 1 is 1.13 bits per heavy atom. The molecule has 0 saturated carbocycles. The second-order valence-corrected chi connectivity index (χ2v) is 8.57. The Kier molecular flexibility index (Phi) is 5.55. The molecule has 3 aromatic rings. The smallest absolute Gasteiger partial charge is 0.363 e. The first kappa shape index (κ1) is 21.4. The molecule has 0 radical (unpaired) electrons. The van der Waals surface area contributed by atoms with E-state index in [1.54, 1.807) is 30.3 Å². The molecule has 2 N–H and O–H groups in total. The number of rotatable bonds is 3. The van der Waals surface area contributed by atoms with E-state index in [0.717, 1.165) is 25.8 Å². The molecule has 2 atom stereocenters. The van der Waals surface area contributed by atoms with E-state index >= 15 is 0 Å². The molecule has 5 nitrogen and oxygen atoms in total. The van der Waals surface area contributed by atoms with Gasteiger partial charge in [0.2, 0.25) is 0 Å². The zero-order valence-electron chi connectivity index (χ0n) is 16.8. The third kappa shape index (κ3) is 4.46. The molecule has 2 aromatic carbocycles. The van der Waals surface area contributed by atoms with Crippen LogP contribution in [-0.4, -0.2) is 21.9 Å². The molecule has 0 bridgehead atoms. The van der Waals surface area contributed by atoms with Gasteiger partial charge >= 0.3 is 6.18 Å². The zero-order chi connectivity index (χ0) is 22.3. The molecule has 162 valence electrons. The predicted octanol–water partition coefficient (Wildman–Crippen LogP) is 6.18. The van der Waals surface area contributed by atoms with Crippen LogP contribution in [0, 0.1) is 13.8 Å². The molecule has 1 aliphatic rings. The first-order valence-corrected chi connectivity index (χ1v) is 10.5. The number of hydrogen-bond acceptors (Lipinski definition) is 3. The van der Waals surface area contributed by atoms with Gasteiger partial charge in [0.15, 0.2) is 11.7 Å². The number of carbonyl (C=O) groups excluding carboxylic acids is 1. The maximum Gasteiger partial charge on any atom is 0.410 e.